The van der Waals surface area contributed by atoms with Crippen LogP contribution in [0.4, 0.5) is 0 Å². The fourth-order valence-corrected chi connectivity index (χ4v) is 24.3. The predicted octanol–water partition coefficient (Wildman–Crippen LogP) is -13.3. The number of rotatable bonds is 32. The first-order valence-corrected chi connectivity index (χ1v) is 46.4. The highest BCUT2D eigenvalue weighted by molar-refractivity contribution is 5.39. The van der Waals surface area contributed by atoms with Gasteiger partial charge in [-0.2, -0.15) is 0 Å². The van der Waals surface area contributed by atoms with Crippen LogP contribution in [0, 0.1) is 44.3 Å². The number of hydrogen-bond donors (Lipinski definition) is 31. The van der Waals surface area contributed by atoms with Crippen molar-refractivity contribution in [2.24, 2.45) is 44.3 Å². The van der Waals surface area contributed by atoms with E-state index in [4.69, 9.17) is 85.3 Å². The van der Waals surface area contributed by atoms with Crippen molar-refractivity contribution in [3.63, 3.8) is 0 Å². The van der Waals surface area contributed by atoms with Crippen molar-refractivity contribution in [1.29, 1.82) is 0 Å². The zero-order chi connectivity index (χ0) is 99.4. The molecule has 31 N–H and O–H groups in total. The fraction of sp³-hybridized carbons (Fsp3) is 0.977. The lowest BCUT2D eigenvalue weighted by Crippen LogP contribution is -2.72. The van der Waals surface area contributed by atoms with Crippen LogP contribution in [0.2, 0.25) is 0 Å². The third kappa shape index (κ3) is 19.7. The monoisotopic (exact) mass is 1960 g/mol. The second kappa shape index (κ2) is 43.1. The first-order chi connectivity index (χ1) is 63.4. The maximum Gasteiger partial charge on any atom is 0.187 e. The molecule has 9 aliphatic heterocycles. The molecule has 0 aromatic heterocycles. The largest absolute Gasteiger partial charge is 0.394 e. The second-order valence-corrected chi connectivity index (χ2v) is 41.1. The van der Waals surface area contributed by atoms with E-state index in [1.807, 2.05) is 20.8 Å². The molecular weight excluding hydrogens is 1820 g/mol. The molecule has 9 saturated heterocycles. The van der Waals surface area contributed by atoms with Crippen molar-refractivity contribution in [2.45, 2.75) is 421 Å². The van der Waals surface area contributed by atoms with E-state index in [0.29, 0.717) is 44.9 Å². The first-order valence-electron chi connectivity index (χ1n) is 46.4. The van der Waals surface area contributed by atoms with E-state index in [1.54, 1.807) is 0 Å². The standard InChI is InChI=1S/C86H146O49/c1-29(30-13-17-84(8)83(30,7)19-41(96)86(10)82(6)16-15-42(80(2,3)40(82)14-18-85(84,86)9)127-71-58(111)50(103)64(34(23-90)121-71)129-72-55(108)47(100)44(97)31(20-87)118-72)11-12-43(81(4,5)117)128-79-70(63(116)69(39(28-95)126-79)134-77-61(114)53(106)66(36(25-92)124-77)131-74-57(110)49(102)46(99)33(22-89)120-74)135-78-62(115)54(107)68(38(27-94)125-78)133-76-60(113)52(105)67(37(26-93)123-76)132-75-59(112)51(104)65(35(24-91)122-75)130-73-56(109)48(101)45(98)32(21-88)119-73/h14,29-39,41-79,87-117H,11-13,15-28H2,1-10H3/t29-,30?,31-,32-,33-,34-,35-,36-,37-,38-,39-,41?,42+,43-,44-,45-,46-,47+,48+,49+,50-,51-,52-,53-,54-,55-,56-,57-,58-,59-,60-,61-,62-,63+,64-,65-,66-,67-,68-,69-,70-,71?,72?,73?,74?,75?,76?,77?,78?,79?,82-,83-,84-,85+,86+/m1/s1. The Kier molecular flexibility index (Phi) is 35.1. The molecule has 4 aliphatic carbocycles. The molecule has 55 atom stereocenters. The number of aliphatic hydroxyl groups excluding tert-OH is 30. The Bertz CT molecular complexity index is 3790. The average Bonchev–Trinajstić information content (AvgIpc) is 1.62. The van der Waals surface area contributed by atoms with Crippen molar-refractivity contribution in [3.05, 3.63) is 11.6 Å². The van der Waals surface area contributed by atoms with Gasteiger partial charge in [-0.25, -0.2) is 0 Å². The maximum atomic E-state index is 13.4. The molecule has 0 radical (unpaired) electrons. The van der Waals surface area contributed by atoms with Crippen LogP contribution in [0.1, 0.15) is 121 Å². The van der Waals surface area contributed by atoms with Crippen LogP contribution in [0.3, 0.4) is 0 Å². The average molecular weight is 1960 g/mol. The van der Waals surface area contributed by atoms with E-state index in [2.05, 4.69) is 40.7 Å². The molecule has 11 unspecified atom stereocenters. The summed E-state index contributed by atoms with van der Waals surface area (Å²) in [5.41, 5.74) is -4.94. The molecule has 0 aromatic rings. The van der Waals surface area contributed by atoms with Gasteiger partial charge in [-0.05, 0) is 98.7 Å². The molecule has 12 fully saturated rings. The summed E-state index contributed by atoms with van der Waals surface area (Å²) in [6.45, 7) is 11.2. The van der Waals surface area contributed by atoms with Crippen LogP contribution in [-0.2, 0) is 85.3 Å². The fourth-order valence-electron chi connectivity index (χ4n) is 24.3. The molecule has 13 aliphatic rings. The lowest BCUT2D eigenvalue weighted by molar-refractivity contribution is -0.406. The zero-order valence-electron chi connectivity index (χ0n) is 76.7. The van der Waals surface area contributed by atoms with Gasteiger partial charge in [0.15, 0.2) is 56.6 Å². The highest BCUT2D eigenvalue weighted by Gasteiger charge is 2.78. The molecule has 49 nitrogen and oxygen atoms in total. The van der Waals surface area contributed by atoms with E-state index >= 15 is 0 Å². The summed E-state index contributed by atoms with van der Waals surface area (Å²) in [5, 5.41) is 345. The summed E-state index contributed by atoms with van der Waals surface area (Å²) in [6, 6.07) is 0. The highest BCUT2D eigenvalue weighted by atomic mass is 16.8. The smallest absolute Gasteiger partial charge is 0.187 e. The van der Waals surface area contributed by atoms with E-state index in [1.165, 1.54) is 13.8 Å². The number of ether oxygens (including phenoxy) is 18. The first kappa shape index (κ1) is 110. The van der Waals surface area contributed by atoms with Crippen LogP contribution in [0.15, 0.2) is 11.6 Å². The minimum absolute atomic E-state index is 0.00831. The van der Waals surface area contributed by atoms with Gasteiger partial charge in [0, 0.05) is 10.8 Å². The summed E-state index contributed by atoms with van der Waals surface area (Å²) in [4.78, 5) is 0. The Labute approximate surface area is 777 Å². The van der Waals surface area contributed by atoms with Crippen molar-refractivity contribution >= 4 is 0 Å². The van der Waals surface area contributed by atoms with E-state index in [9.17, 15) is 158 Å². The highest BCUT2D eigenvalue weighted by Crippen LogP contribution is 2.82. The van der Waals surface area contributed by atoms with Gasteiger partial charge in [-0.3, -0.25) is 0 Å². The molecule has 9 heterocycles. The Balaban J connectivity index is 0.713. The quantitative estimate of drug-likeness (QED) is 0.0278. The lowest BCUT2D eigenvalue weighted by atomic mass is 9.29. The van der Waals surface area contributed by atoms with Crippen LogP contribution < -0.4 is 0 Å². The van der Waals surface area contributed by atoms with Gasteiger partial charge < -0.3 is 244 Å². The van der Waals surface area contributed by atoms with E-state index in [0.717, 1.165) is 5.57 Å². The molecule has 784 valence electrons. The van der Waals surface area contributed by atoms with Crippen LogP contribution in [0.5, 0.6) is 0 Å². The molecule has 0 aromatic carbocycles. The third-order valence-electron chi connectivity index (χ3n) is 33.0. The zero-order valence-corrected chi connectivity index (χ0v) is 76.7. The summed E-state index contributed by atoms with van der Waals surface area (Å²) in [6.07, 6.45) is -84.4. The summed E-state index contributed by atoms with van der Waals surface area (Å²) in [5.74, 6) is -0.345. The molecule has 3 saturated carbocycles. The van der Waals surface area contributed by atoms with E-state index < -0.39 is 392 Å². The topological polar surface area (TPSA) is 793 Å². The van der Waals surface area contributed by atoms with Crippen molar-refractivity contribution in [1.82, 2.24) is 0 Å². The minimum atomic E-state index is -2.39. The van der Waals surface area contributed by atoms with Crippen molar-refractivity contribution < 1.29 is 244 Å². The minimum Gasteiger partial charge on any atom is -0.394 e. The Morgan fingerprint density at radius 2 is 0.607 bits per heavy atom. The Morgan fingerprint density at radius 3 is 0.919 bits per heavy atom. The summed E-state index contributed by atoms with van der Waals surface area (Å²) in [7, 11) is 0. The molecule has 135 heavy (non-hydrogen) atoms. The van der Waals surface area contributed by atoms with Crippen molar-refractivity contribution in [2.75, 3.05) is 59.5 Å². The van der Waals surface area contributed by atoms with Gasteiger partial charge in [0.1, 0.15) is 220 Å². The SMILES string of the molecule is C[C@H](CC[C@@H](OC1O[C@H](CO)[C@@H](OC2O[C@H](CO)[C@@H](OC3O[C@H](CO)[C@@H](O)[C@H](O)[C@H]3O)[C@H](O)[C@H]2O)[C@H](O)[C@H]1OC1O[C@H](CO)[C@@H](OC2O[C@H](CO)[C@@H](OC3O[C@H](CO)[C@@H](OC4O[C@H](CO)[C@@H](O)[C@H](O)[C@H]4O)[C@H](O)[C@H]3O)[C@H](O)[C@H]2O)[C@H](O)[C@H]1O)C(C)(C)O)C1CC[C@@]2(C)[C@]3(C)CC=C4C(C)(C)[C@@H](OC5O[C@H](CO)[C@@H](OC6O[C@H](CO)[C@@H](O)[C@H](O)[C@H]6O)[C@H](O)[C@H]5O)CC[C@@]4(C)[C@]3(C)C(O)C[C@]12C. The molecule has 0 bridgehead atoms. The molecule has 13 rings (SSSR count). The molecular formula is C86H146O49. The third-order valence-corrected chi connectivity index (χ3v) is 33.0. The number of allylic oxidation sites excluding steroid dienone is 1. The van der Waals surface area contributed by atoms with Crippen LogP contribution >= 0.6 is 0 Å². The number of hydrogen-bond acceptors (Lipinski definition) is 49. The van der Waals surface area contributed by atoms with Gasteiger partial charge in [0.2, 0.25) is 0 Å². The molecule has 49 heteroatoms. The van der Waals surface area contributed by atoms with Gasteiger partial charge in [0.25, 0.3) is 0 Å². The number of fused-ring (bicyclic) bond motifs is 5. The van der Waals surface area contributed by atoms with Crippen molar-refractivity contribution in [3.8, 4) is 0 Å². The normalized spacial score (nSPS) is 53.1. The van der Waals surface area contributed by atoms with E-state index in [-0.39, 0.29) is 18.3 Å². The second-order valence-electron chi connectivity index (χ2n) is 41.1. The Morgan fingerprint density at radius 1 is 0.326 bits per heavy atom. The van der Waals surface area contributed by atoms with Gasteiger partial charge in [-0.15, -0.1) is 0 Å². The van der Waals surface area contributed by atoms with Gasteiger partial charge >= 0.3 is 0 Å². The van der Waals surface area contributed by atoms with Gasteiger partial charge in [-0.1, -0.05) is 67.0 Å². The van der Waals surface area contributed by atoms with Crippen LogP contribution in [-0.4, -0.2) is 518 Å². The maximum absolute atomic E-state index is 13.4. The Hall–Kier alpha value is -2.22. The summed E-state index contributed by atoms with van der Waals surface area (Å²) < 4.78 is 107. The van der Waals surface area contributed by atoms with Crippen LogP contribution in [0.25, 0.3) is 0 Å². The molecule has 0 spiro atoms. The predicted molar refractivity (Wildman–Crippen MR) is 440 cm³/mol. The summed E-state index contributed by atoms with van der Waals surface area (Å²) >= 11 is 0. The lowest BCUT2D eigenvalue weighted by Gasteiger charge is -2.75. The van der Waals surface area contributed by atoms with Gasteiger partial charge in [0.05, 0.1) is 83.4 Å². The molecule has 0 amide bonds. The number of aliphatic hydroxyl groups is 31.